The molecule has 1 fully saturated rings. The maximum absolute atomic E-state index is 13.4. The first-order valence-electron chi connectivity index (χ1n) is 8.90. The van der Waals surface area contributed by atoms with Crippen LogP contribution in [0.4, 0.5) is 4.39 Å². The Morgan fingerprint density at radius 1 is 1.29 bits per heavy atom. The van der Waals surface area contributed by atoms with E-state index >= 15 is 0 Å². The number of halogens is 1. The second-order valence-corrected chi connectivity index (χ2v) is 8.09. The number of hydrogen-bond acceptors (Lipinski definition) is 5. The Labute approximate surface area is 162 Å². The molecule has 0 aliphatic carbocycles. The van der Waals surface area contributed by atoms with Crippen LogP contribution in [0.25, 0.3) is 0 Å². The van der Waals surface area contributed by atoms with E-state index < -0.39 is 21.7 Å². The number of carbonyl (C=O) groups is 1. The predicted octanol–water partition coefficient (Wildman–Crippen LogP) is 1.37. The van der Waals surface area contributed by atoms with Crippen LogP contribution in [0, 0.1) is 5.82 Å². The standard InChI is InChI=1S/C18H22FN3O5S/c19-15-4-1-2-5-17(15)27-9-3-6-20-18(23)16-12-14(13-21-16)28(24,25)22-7-10-26-11-8-22/h1-2,4-5,12-13,21H,3,6-11H2,(H,20,23). The summed E-state index contributed by atoms with van der Waals surface area (Å²) < 4.78 is 50.3. The maximum atomic E-state index is 13.4. The summed E-state index contributed by atoms with van der Waals surface area (Å²) in [6.45, 7) is 1.83. The minimum atomic E-state index is -3.65. The van der Waals surface area contributed by atoms with Crippen LogP contribution >= 0.6 is 0 Å². The SMILES string of the molecule is O=C(NCCCOc1ccccc1F)c1cc(S(=O)(=O)N2CCOCC2)c[nH]1. The average Bonchev–Trinajstić information content (AvgIpc) is 3.21. The number of H-pyrrole nitrogens is 1. The van der Waals surface area contributed by atoms with Crippen LogP contribution in [0.15, 0.2) is 41.4 Å². The summed E-state index contributed by atoms with van der Waals surface area (Å²) >= 11 is 0. The number of rotatable bonds is 8. The number of aromatic nitrogens is 1. The van der Waals surface area contributed by atoms with Gasteiger partial charge in [0, 0.05) is 25.8 Å². The number of para-hydroxylation sites is 1. The molecule has 3 rings (SSSR count). The minimum absolute atomic E-state index is 0.0439. The highest BCUT2D eigenvalue weighted by Crippen LogP contribution is 2.18. The lowest BCUT2D eigenvalue weighted by atomic mass is 10.3. The van der Waals surface area contributed by atoms with Gasteiger partial charge in [-0.05, 0) is 24.6 Å². The lowest BCUT2D eigenvalue weighted by Crippen LogP contribution is -2.40. The molecule has 1 saturated heterocycles. The maximum Gasteiger partial charge on any atom is 0.267 e. The first-order chi connectivity index (χ1) is 13.5. The van der Waals surface area contributed by atoms with Crippen molar-refractivity contribution in [3.8, 4) is 5.75 Å². The molecule has 1 amide bonds. The van der Waals surface area contributed by atoms with Crippen molar-refractivity contribution in [2.45, 2.75) is 11.3 Å². The summed E-state index contributed by atoms with van der Waals surface area (Å²) in [4.78, 5) is 14.9. The van der Waals surface area contributed by atoms with Crippen LogP contribution < -0.4 is 10.1 Å². The van der Waals surface area contributed by atoms with Crippen LogP contribution in [0.2, 0.25) is 0 Å². The first-order valence-corrected chi connectivity index (χ1v) is 10.3. The van der Waals surface area contributed by atoms with Gasteiger partial charge in [-0.2, -0.15) is 4.31 Å². The van der Waals surface area contributed by atoms with Crippen molar-refractivity contribution in [3.05, 3.63) is 48.0 Å². The van der Waals surface area contributed by atoms with Gasteiger partial charge in [-0.15, -0.1) is 0 Å². The molecule has 0 radical (unpaired) electrons. The molecule has 1 aromatic heterocycles. The Kier molecular flexibility index (Phi) is 6.65. The summed E-state index contributed by atoms with van der Waals surface area (Å²) in [5.74, 6) is -0.697. The van der Waals surface area contributed by atoms with Crippen molar-refractivity contribution < 1.29 is 27.1 Å². The second-order valence-electron chi connectivity index (χ2n) is 6.15. The van der Waals surface area contributed by atoms with Crippen molar-refractivity contribution >= 4 is 15.9 Å². The van der Waals surface area contributed by atoms with Gasteiger partial charge >= 0.3 is 0 Å². The highest BCUT2D eigenvalue weighted by atomic mass is 32.2. The molecular weight excluding hydrogens is 389 g/mol. The molecule has 8 nitrogen and oxygen atoms in total. The van der Waals surface area contributed by atoms with E-state index in [1.165, 1.54) is 28.7 Å². The monoisotopic (exact) mass is 411 g/mol. The van der Waals surface area contributed by atoms with E-state index in [-0.39, 0.29) is 36.0 Å². The summed E-state index contributed by atoms with van der Waals surface area (Å²) in [6, 6.07) is 7.41. The zero-order valence-corrected chi connectivity index (χ0v) is 16.0. The molecule has 1 aliphatic rings. The number of ether oxygens (including phenoxy) is 2. The third-order valence-corrected chi connectivity index (χ3v) is 6.09. The summed E-state index contributed by atoms with van der Waals surface area (Å²) in [5, 5.41) is 2.67. The first kappa shape index (κ1) is 20.3. The van der Waals surface area contributed by atoms with Gasteiger partial charge in [-0.25, -0.2) is 12.8 Å². The third kappa shape index (κ3) is 4.89. The molecule has 0 saturated carbocycles. The third-order valence-electron chi connectivity index (χ3n) is 4.21. The molecule has 0 bridgehead atoms. The van der Waals surface area contributed by atoms with Gasteiger partial charge < -0.3 is 19.8 Å². The summed E-state index contributed by atoms with van der Waals surface area (Å²) in [5.41, 5.74) is 0.154. The molecule has 2 aromatic rings. The highest BCUT2D eigenvalue weighted by Gasteiger charge is 2.27. The molecule has 1 aliphatic heterocycles. The van der Waals surface area contributed by atoms with E-state index in [1.807, 2.05) is 0 Å². The van der Waals surface area contributed by atoms with Gasteiger partial charge in [0.15, 0.2) is 11.6 Å². The van der Waals surface area contributed by atoms with Crippen LogP contribution in [0.5, 0.6) is 5.75 Å². The van der Waals surface area contributed by atoms with Crippen LogP contribution in [0.1, 0.15) is 16.9 Å². The van der Waals surface area contributed by atoms with E-state index in [9.17, 15) is 17.6 Å². The van der Waals surface area contributed by atoms with E-state index in [0.29, 0.717) is 26.2 Å². The van der Waals surface area contributed by atoms with Gasteiger partial charge in [0.2, 0.25) is 10.0 Å². The molecule has 2 N–H and O–H groups in total. The average molecular weight is 411 g/mol. The number of morpholine rings is 1. The van der Waals surface area contributed by atoms with Crippen molar-refractivity contribution in [3.63, 3.8) is 0 Å². The number of hydrogen-bond donors (Lipinski definition) is 2. The van der Waals surface area contributed by atoms with E-state index in [2.05, 4.69) is 10.3 Å². The van der Waals surface area contributed by atoms with Crippen molar-refractivity contribution in [2.24, 2.45) is 0 Å². The Hall–Kier alpha value is -2.43. The van der Waals surface area contributed by atoms with E-state index in [4.69, 9.17) is 9.47 Å². The smallest absolute Gasteiger partial charge is 0.267 e. The normalized spacial score (nSPS) is 15.3. The number of aromatic amines is 1. The molecule has 1 aromatic carbocycles. The topological polar surface area (TPSA) is 101 Å². The van der Waals surface area contributed by atoms with Crippen LogP contribution in [-0.4, -0.2) is 63.1 Å². The van der Waals surface area contributed by atoms with Crippen LogP contribution in [-0.2, 0) is 14.8 Å². The lowest BCUT2D eigenvalue weighted by Gasteiger charge is -2.25. The minimum Gasteiger partial charge on any atom is -0.490 e. The molecule has 0 atom stereocenters. The molecular formula is C18H22FN3O5S. The van der Waals surface area contributed by atoms with Gasteiger partial charge in [-0.1, -0.05) is 12.1 Å². The Morgan fingerprint density at radius 2 is 2.04 bits per heavy atom. The molecule has 152 valence electrons. The van der Waals surface area contributed by atoms with E-state index in [1.54, 1.807) is 12.1 Å². The van der Waals surface area contributed by atoms with E-state index in [0.717, 1.165) is 0 Å². The number of nitrogens with one attached hydrogen (secondary N) is 2. The van der Waals surface area contributed by atoms with Crippen molar-refractivity contribution in [1.82, 2.24) is 14.6 Å². The van der Waals surface area contributed by atoms with Gasteiger partial charge in [-0.3, -0.25) is 4.79 Å². The molecule has 28 heavy (non-hydrogen) atoms. The fourth-order valence-corrected chi connectivity index (χ4v) is 4.11. The van der Waals surface area contributed by atoms with Crippen molar-refractivity contribution in [2.75, 3.05) is 39.5 Å². The Balaban J connectivity index is 1.47. The fourth-order valence-electron chi connectivity index (χ4n) is 2.70. The zero-order valence-electron chi connectivity index (χ0n) is 15.2. The van der Waals surface area contributed by atoms with Crippen LogP contribution in [0.3, 0.4) is 0 Å². The highest BCUT2D eigenvalue weighted by molar-refractivity contribution is 7.89. The predicted molar refractivity (Wildman–Crippen MR) is 99.2 cm³/mol. The second kappa shape index (κ2) is 9.18. The number of amides is 1. The molecule has 2 heterocycles. The molecule has 0 spiro atoms. The Bertz CT molecular complexity index is 909. The Morgan fingerprint density at radius 3 is 2.79 bits per heavy atom. The number of nitrogens with zero attached hydrogens (tertiary/aromatic N) is 1. The lowest BCUT2D eigenvalue weighted by molar-refractivity contribution is 0.0730. The summed E-state index contributed by atoms with van der Waals surface area (Å²) in [7, 11) is -3.65. The van der Waals surface area contributed by atoms with Gasteiger partial charge in [0.05, 0.1) is 19.8 Å². The van der Waals surface area contributed by atoms with Gasteiger partial charge in [0.25, 0.3) is 5.91 Å². The van der Waals surface area contributed by atoms with Crippen molar-refractivity contribution in [1.29, 1.82) is 0 Å². The largest absolute Gasteiger partial charge is 0.490 e. The molecule has 10 heteroatoms. The summed E-state index contributed by atoms with van der Waals surface area (Å²) in [6.07, 6.45) is 1.78. The fraction of sp³-hybridized carbons (Fsp3) is 0.389. The number of benzene rings is 1. The zero-order chi connectivity index (χ0) is 20.0. The number of carbonyl (C=O) groups excluding carboxylic acids is 1. The molecule has 0 unspecified atom stereocenters. The van der Waals surface area contributed by atoms with Gasteiger partial charge in [0.1, 0.15) is 10.6 Å². The quantitative estimate of drug-likeness (QED) is 0.639. The number of sulfonamides is 1.